The van der Waals surface area contributed by atoms with E-state index in [4.69, 9.17) is 28.4 Å². The van der Waals surface area contributed by atoms with Crippen molar-refractivity contribution in [3.8, 4) is 0 Å². The van der Waals surface area contributed by atoms with Gasteiger partial charge in [-0.25, -0.2) is 9.59 Å². The zero-order valence-corrected chi connectivity index (χ0v) is 20.0. The molecule has 0 radical (unpaired) electrons. The number of hydrogen-bond acceptors (Lipinski definition) is 12. The second kappa shape index (κ2) is 18.5. The molecule has 0 aliphatic carbocycles. The molecule has 0 aromatic carbocycles. The first-order chi connectivity index (χ1) is 15.7. The topological polar surface area (TPSA) is 108 Å². The molecule has 2 heterocycles. The van der Waals surface area contributed by atoms with Gasteiger partial charge < -0.3 is 37.9 Å². The van der Waals surface area contributed by atoms with Crippen molar-refractivity contribution in [2.45, 2.75) is 25.0 Å². The molecule has 2 aliphatic rings. The maximum absolute atomic E-state index is 10.8. The van der Waals surface area contributed by atoms with Gasteiger partial charge in [-0.3, -0.25) is 0 Å². The predicted octanol–water partition coefficient (Wildman–Crippen LogP) is 2.37. The van der Waals surface area contributed by atoms with Crippen LogP contribution in [0.1, 0.15) is 12.8 Å². The maximum atomic E-state index is 10.8. The van der Waals surface area contributed by atoms with Crippen LogP contribution in [0.2, 0.25) is 0 Å². The van der Waals surface area contributed by atoms with Crippen molar-refractivity contribution in [3.63, 3.8) is 0 Å². The number of carbonyl (C=O) groups is 2. The fourth-order valence-corrected chi connectivity index (χ4v) is 4.14. The highest BCUT2D eigenvalue weighted by Gasteiger charge is 2.25. The van der Waals surface area contributed by atoms with Crippen molar-refractivity contribution >= 4 is 35.8 Å². The smallest absolute Gasteiger partial charge is 0.430 e. The van der Waals surface area contributed by atoms with E-state index in [0.29, 0.717) is 52.9 Å². The Bertz CT molecular complexity index is 467. The van der Waals surface area contributed by atoms with Gasteiger partial charge in [0.25, 0.3) is 0 Å². The van der Waals surface area contributed by atoms with E-state index in [0.717, 1.165) is 35.9 Å². The Morgan fingerprint density at radius 1 is 0.625 bits per heavy atom. The molecule has 12 heteroatoms. The van der Waals surface area contributed by atoms with Crippen molar-refractivity contribution in [3.05, 3.63) is 0 Å². The fraction of sp³-hybridized carbons (Fsp3) is 0.900. The Labute approximate surface area is 197 Å². The summed E-state index contributed by atoms with van der Waals surface area (Å²) in [5, 5.41) is 0. The van der Waals surface area contributed by atoms with Crippen LogP contribution >= 0.6 is 23.5 Å². The average Bonchev–Trinajstić information content (AvgIpc) is 3.39. The van der Waals surface area contributed by atoms with Crippen LogP contribution in [0, 0.1) is 0 Å². The van der Waals surface area contributed by atoms with Crippen LogP contribution in [0.5, 0.6) is 0 Å². The van der Waals surface area contributed by atoms with Gasteiger partial charge >= 0.3 is 12.3 Å². The van der Waals surface area contributed by atoms with E-state index < -0.39 is 12.3 Å². The van der Waals surface area contributed by atoms with Crippen LogP contribution in [0.25, 0.3) is 0 Å². The number of hydrogen-bond donors (Lipinski definition) is 0. The fourth-order valence-electron chi connectivity index (χ4n) is 2.61. The van der Waals surface area contributed by atoms with E-state index >= 15 is 0 Å². The number of ether oxygens (including phenoxy) is 8. The van der Waals surface area contributed by atoms with E-state index in [1.807, 2.05) is 23.5 Å². The summed E-state index contributed by atoms with van der Waals surface area (Å²) in [5.41, 5.74) is 0. The third kappa shape index (κ3) is 14.3. The molecule has 0 amide bonds. The van der Waals surface area contributed by atoms with Gasteiger partial charge in [-0.15, -0.1) is 0 Å². The summed E-state index contributed by atoms with van der Waals surface area (Å²) in [4.78, 5) is 21.5. The Kier molecular flexibility index (Phi) is 15.8. The third-order valence-corrected chi connectivity index (χ3v) is 6.24. The van der Waals surface area contributed by atoms with Gasteiger partial charge in [-0.05, 0) is 24.3 Å². The van der Waals surface area contributed by atoms with Crippen LogP contribution in [-0.4, -0.2) is 114 Å². The number of thioether (sulfide) groups is 2. The largest absolute Gasteiger partial charge is 0.508 e. The van der Waals surface area contributed by atoms with Crippen LogP contribution in [0.15, 0.2) is 0 Å². The molecular weight excluding hydrogens is 464 g/mol. The van der Waals surface area contributed by atoms with Crippen LogP contribution in [-0.2, 0) is 37.9 Å². The zero-order chi connectivity index (χ0) is 22.7. The number of rotatable bonds is 21. The Hall–Kier alpha value is -0.920. The highest BCUT2D eigenvalue weighted by atomic mass is 32.2. The van der Waals surface area contributed by atoms with E-state index in [9.17, 15) is 9.59 Å². The van der Waals surface area contributed by atoms with Gasteiger partial charge in [0.15, 0.2) is 12.2 Å². The molecule has 2 saturated heterocycles. The van der Waals surface area contributed by atoms with Crippen molar-refractivity contribution in [2.75, 3.05) is 89.1 Å². The Morgan fingerprint density at radius 3 is 1.50 bits per heavy atom. The molecule has 0 N–H and O–H groups in total. The summed E-state index contributed by atoms with van der Waals surface area (Å²) >= 11 is 3.66. The second-order valence-electron chi connectivity index (χ2n) is 6.91. The molecule has 0 saturated carbocycles. The lowest BCUT2D eigenvalue weighted by molar-refractivity contribution is 0.0463. The summed E-state index contributed by atoms with van der Waals surface area (Å²) in [6.45, 7) is 5.29. The first-order valence-corrected chi connectivity index (χ1v) is 13.2. The summed E-state index contributed by atoms with van der Waals surface area (Å²) in [5.74, 6) is 3.90. The monoisotopic (exact) mass is 498 g/mol. The highest BCUT2D eigenvalue weighted by molar-refractivity contribution is 7.99. The summed E-state index contributed by atoms with van der Waals surface area (Å²) in [6.07, 6.45) is 0.140. The minimum absolute atomic E-state index is 0.267. The van der Waals surface area contributed by atoms with Crippen molar-refractivity contribution < 1.29 is 47.5 Å². The van der Waals surface area contributed by atoms with Gasteiger partial charge in [0.2, 0.25) is 0 Å². The maximum Gasteiger partial charge on any atom is 0.508 e. The molecule has 2 atom stereocenters. The molecule has 2 unspecified atom stereocenters. The first kappa shape index (κ1) is 27.3. The first-order valence-electron chi connectivity index (χ1n) is 10.9. The summed E-state index contributed by atoms with van der Waals surface area (Å²) in [7, 11) is 0. The standard InChI is InChI=1S/C20H34O10S2/c21-19-27-15-17(29-19)13-25-3-1-9-31-11-7-23-5-6-24-8-12-32-10-2-4-26-14-18-16-28-20(22)30-18/h17-18H,1-16H2. The minimum atomic E-state index is -0.612. The number of cyclic esters (lactones) is 4. The van der Waals surface area contributed by atoms with Crippen LogP contribution in [0.4, 0.5) is 9.59 Å². The third-order valence-electron chi connectivity index (χ3n) is 4.18. The molecule has 2 rings (SSSR count). The van der Waals surface area contributed by atoms with Crippen LogP contribution in [0.3, 0.4) is 0 Å². The van der Waals surface area contributed by atoms with E-state index in [-0.39, 0.29) is 25.4 Å². The molecule has 0 aromatic rings. The molecule has 186 valence electrons. The lowest BCUT2D eigenvalue weighted by atomic mass is 10.4. The van der Waals surface area contributed by atoms with Gasteiger partial charge in [-0.1, -0.05) is 0 Å². The molecule has 0 bridgehead atoms. The highest BCUT2D eigenvalue weighted by Crippen LogP contribution is 2.08. The zero-order valence-electron chi connectivity index (χ0n) is 18.4. The minimum Gasteiger partial charge on any atom is -0.430 e. The SMILES string of the molecule is O=C1OCC(COCCCSCCOCCOCCSCCCOCC2COC(=O)O2)O1. The van der Waals surface area contributed by atoms with E-state index in [2.05, 4.69) is 9.47 Å². The van der Waals surface area contributed by atoms with Crippen molar-refractivity contribution in [1.82, 2.24) is 0 Å². The molecular formula is C20H34O10S2. The molecule has 0 spiro atoms. The van der Waals surface area contributed by atoms with Gasteiger partial charge in [0, 0.05) is 24.7 Å². The van der Waals surface area contributed by atoms with Crippen molar-refractivity contribution in [1.29, 1.82) is 0 Å². The van der Waals surface area contributed by atoms with Crippen molar-refractivity contribution in [2.24, 2.45) is 0 Å². The predicted molar refractivity (Wildman–Crippen MR) is 120 cm³/mol. The van der Waals surface area contributed by atoms with Gasteiger partial charge in [0.05, 0.1) is 39.6 Å². The molecule has 32 heavy (non-hydrogen) atoms. The Balaban J connectivity index is 1.18. The van der Waals surface area contributed by atoms with E-state index in [1.54, 1.807) is 0 Å². The lowest BCUT2D eigenvalue weighted by Crippen LogP contribution is -2.18. The van der Waals surface area contributed by atoms with Crippen LogP contribution < -0.4 is 0 Å². The molecule has 0 aromatic heterocycles. The summed E-state index contributed by atoms with van der Waals surface area (Å²) < 4.78 is 41.2. The van der Waals surface area contributed by atoms with Gasteiger partial charge in [-0.2, -0.15) is 23.5 Å². The lowest BCUT2D eigenvalue weighted by Gasteiger charge is -2.08. The molecule has 2 fully saturated rings. The Morgan fingerprint density at radius 2 is 1.09 bits per heavy atom. The normalized spacial score (nSPS) is 20.1. The molecule has 10 nitrogen and oxygen atoms in total. The number of carbonyl (C=O) groups excluding carboxylic acids is 2. The molecule has 2 aliphatic heterocycles. The average molecular weight is 499 g/mol. The quantitative estimate of drug-likeness (QED) is 0.171. The summed E-state index contributed by atoms with van der Waals surface area (Å²) in [6, 6.07) is 0. The van der Waals surface area contributed by atoms with Gasteiger partial charge in [0.1, 0.15) is 13.2 Å². The van der Waals surface area contributed by atoms with E-state index in [1.165, 1.54) is 0 Å². The second-order valence-corrected chi connectivity index (χ2v) is 9.36.